The van der Waals surface area contributed by atoms with E-state index in [0.717, 1.165) is 5.56 Å². The molecular weight excluding hydrogens is 272 g/mol. The van der Waals surface area contributed by atoms with Gasteiger partial charge in [0, 0.05) is 17.7 Å². The van der Waals surface area contributed by atoms with Gasteiger partial charge in [-0.15, -0.1) is 0 Å². The van der Waals surface area contributed by atoms with Crippen molar-refractivity contribution in [2.45, 2.75) is 0 Å². The summed E-state index contributed by atoms with van der Waals surface area (Å²) in [6, 6.07) is 13.5. The number of hydrogen-bond acceptors (Lipinski definition) is 5. The molecule has 0 spiro atoms. The third-order valence-corrected chi connectivity index (χ3v) is 2.72. The summed E-state index contributed by atoms with van der Waals surface area (Å²) in [6.07, 6.45) is 0. The number of benzene rings is 1. The number of rotatable bonds is 3. The van der Waals surface area contributed by atoms with Crippen LogP contribution in [0.15, 0.2) is 57.8 Å². The predicted molar refractivity (Wildman–Crippen MR) is 74.7 cm³/mol. The van der Waals surface area contributed by atoms with E-state index in [1.54, 1.807) is 6.07 Å². The van der Waals surface area contributed by atoms with Crippen LogP contribution in [-0.4, -0.2) is 21.3 Å². The summed E-state index contributed by atoms with van der Waals surface area (Å²) >= 11 is 0. The lowest BCUT2D eigenvalue weighted by Gasteiger charge is -1.98. The van der Waals surface area contributed by atoms with Gasteiger partial charge in [-0.05, 0) is 6.07 Å². The number of nitrogens with one attached hydrogen (secondary N) is 2. The molecular formula is C14H10N4O3. The van der Waals surface area contributed by atoms with Crippen LogP contribution in [0.2, 0.25) is 0 Å². The predicted octanol–water partition coefficient (Wildman–Crippen LogP) is 1.68. The first-order chi connectivity index (χ1) is 10.2. The van der Waals surface area contributed by atoms with Crippen molar-refractivity contribution in [2.24, 2.45) is 0 Å². The van der Waals surface area contributed by atoms with Crippen molar-refractivity contribution in [1.29, 1.82) is 0 Å². The third-order valence-electron chi connectivity index (χ3n) is 2.72. The van der Waals surface area contributed by atoms with Gasteiger partial charge in [0.15, 0.2) is 11.6 Å². The molecule has 2 heterocycles. The number of amides is 1. The van der Waals surface area contributed by atoms with E-state index >= 15 is 0 Å². The Labute approximate surface area is 118 Å². The summed E-state index contributed by atoms with van der Waals surface area (Å²) in [4.78, 5) is 22.8. The van der Waals surface area contributed by atoms with Crippen LogP contribution in [0.3, 0.4) is 0 Å². The largest absolute Gasteiger partial charge is 0.354 e. The highest BCUT2D eigenvalue weighted by atomic mass is 16.5. The van der Waals surface area contributed by atoms with Gasteiger partial charge in [0.25, 0.3) is 11.5 Å². The van der Waals surface area contributed by atoms with Crippen molar-refractivity contribution in [3.05, 3.63) is 64.6 Å². The molecule has 21 heavy (non-hydrogen) atoms. The number of H-pyrrole nitrogens is 1. The van der Waals surface area contributed by atoms with E-state index < -0.39 is 5.91 Å². The van der Waals surface area contributed by atoms with E-state index in [0.29, 0.717) is 5.76 Å². The Morgan fingerprint density at radius 2 is 1.95 bits per heavy atom. The van der Waals surface area contributed by atoms with Crippen molar-refractivity contribution in [3.8, 4) is 11.3 Å². The Hall–Kier alpha value is -3.22. The first kappa shape index (κ1) is 12.8. The molecule has 7 nitrogen and oxygen atoms in total. The van der Waals surface area contributed by atoms with Crippen LogP contribution >= 0.6 is 0 Å². The summed E-state index contributed by atoms with van der Waals surface area (Å²) in [5, 5.41) is 12.1. The van der Waals surface area contributed by atoms with Crippen LogP contribution in [0.5, 0.6) is 0 Å². The molecule has 0 unspecified atom stereocenters. The molecule has 0 radical (unpaired) electrons. The second-order valence-electron chi connectivity index (χ2n) is 4.20. The minimum Gasteiger partial charge on any atom is -0.354 e. The van der Waals surface area contributed by atoms with Crippen molar-refractivity contribution in [3.63, 3.8) is 0 Å². The molecule has 2 N–H and O–H groups in total. The molecule has 104 valence electrons. The van der Waals surface area contributed by atoms with Crippen LogP contribution in [0.4, 0.5) is 5.82 Å². The normalized spacial score (nSPS) is 10.3. The Bertz CT molecular complexity index is 803. The summed E-state index contributed by atoms with van der Waals surface area (Å²) in [7, 11) is 0. The molecule has 1 amide bonds. The molecule has 0 aliphatic carbocycles. The minimum absolute atomic E-state index is 0.0823. The number of aromatic nitrogens is 3. The van der Waals surface area contributed by atoms with Crippen LogP contribution in [0.25, 0.3) is 11.3 Å². The molecule has 1 aromatic carbocycles. The SMILES string of the molecule is O=C(Nc1cc(-c2ccccc2)on1)c1ccc(=O)[nH]n1. The zero-order valence-corrected chi connectivity index (χ0v) is 10.7. The lowest BCUT2D eigenvalue weighted by atomic mass is 10.2. The second-order valence-corrected chi connectivity index (χ2v) is 4.20. The molecule has 0 aliphatic heterocycles. The number of anilines is 1. The van der Waals surface area contributed by atoms with E-state index in [1.807, 2.05) is 30.3 Å². The lowest BCUT2D eigenvalue weighted by Crippen LogP contribution is -2.17. The smallest absolute Gasteiger partial charge is 0.277 e. The topological polar surface area (TPSA) is 101 Å². The number of nitrogens with zero attached hydrogens (tertiary/aromatic N) is 2. The van der Waals surface area contributed by atoms with Gasteiger partial charge in [-0.3, -0.25) is 9.59 Å². The van der Waals surface area contributed by atoms with Gasteiger partial charge in [-0.25, -0.2) is 5.10 Å². The maximum Gasteiger partial charge on any atom is 0.277 e. The standard InChI is InChI=1S/C14H10N4O3/c19-13-7-6-10(16-17-13)14(20)15-12-8-11(21-18-12)9-4-2-1-3-5-9/h1-8H,(H,17,19)(H,15,18,20). The summed E-state index contributed by atoms with van der Waals surface area (Å²) in [5.74, 6) is 0.325. The number of aromatic amines is 1. The zero-order valence-electron chi connectivity index (χ0n) is 10.7. The van der Waals surface area contributed by atoms with Gasteiger partial charge in [0.05, 0.1) is 0 Å². The Morgan fingerprint density at radius 3 is 2.67 bits per heavy atom. The monoisotopic (exact) mass is 282 g/mol. The average molecular weight is 282 g/mol. The molecule has 0 fully saturated rings. The Morgan fingerprint density at radius 1 is 1.14 bits per heavy atom. The van der Waals surface area contributed by atoms with Gasteiger partial charge in [-0.2, -0.15) is 5.10 Å². The fraction of sp³-hybridized carbons (Fsp3) is 0. The van der Waals surface area contributed by atoms with Crippen LogP contribution in [-0.2, 0) is 0 Å². The van der Waals surface area contributed by atoms with Crippen molar-refractivity contribution >= 4 is 11.7 Å². The summed E-state index contributed by atoms with van der Waals surface area (Å²) in [5.41, 5.74) is 0.561. The van der Waals surface area contributed by atoms with E-state index in [1.165, 1.54) is 12.1 Å². The first-order valence-electron chi connectivity index (χ1n) is 6.11. The average Bonchev–Trinajstić information content (AvgIpc) is 2.97. The van der Waals surface area contributed by atoms with Gasteiger partial charge in [-0.1, -0.05) is 35.5 Å². The highest BCUT2D eigenvalue weighted by molar-refractivity contribution is 6.02. The minimum atomic E-state index is -0.487. The summed E-state index contributed by atoms with van der Waals surface area (Å²) < 4.78 is 5.16. The Balaban J connectivity index is 1.77. The molecule has 0 saturated carbocycles. The molecule has 2 aromatic heterocycles. The highest BCUT2D eigenvalue weighted by Gasteiger charge is 2.12. The maximum absolute atomic E-state index is 11.9. The van der Waals surface area contributed by atoms with Crippen molar-refractivity contribution in [2.75, 3.05) is 5.32 Å². The third kappa shape index (κ3) is 2.86. The molecule has 7 heteroatoms. The fourth-order valence-electron chi connectivity index (χ4n) is 1.72. The van der Waals surface area contributed by atoms with Gasteiger partial charge in [0.2, 0.25) is 0 Å². The molecule has 0 bridgehead atoms. The fourth-order valence-corrected chi connectivity index (χ4v) is 1.72. The van der Waals surface area contributed by atoms with Crippen LogP contribution < -0.4 is 10.9 Å². The first-order valence-corrected chi connectivity index (χ1v) is 6.11. The quantitative estimate of drug-likeness (QED) is 0.761. The van der Waals surface area contributed by atoms with E-state index in [4.69, 9.17) is 4.52 Å². The van der Waals surface area contributed by atoms with Crippen LogP contribution in [0.1, 0.15) is 10.5 Å². The number of hydrogen-bond donors (Lipinski definition) is 2. The zero-order chi connectivity index (χ0) is 14.7. The van der Waals surface area contributed by atoms with Gasteiger partial charge in [0.1, 0.15) is 5.69 Å². The van der Waals surface area contributed by atoms with E-state index in [2.05, 4.69) is 20.7 Å². The van der Waals surface area contributed by atoms with Crippen molar-refractivity contribution in [1.82, 2.24) is 15.4 Å². The lowest BCUT2D eigenvalue weighted by molar-refractivity contribution is 0.102. The van der Waals surface area contributed by atoms with E-state index in [9.17, 15) is 9.59 Å². The second kappa shape index (κ2) is 5.41. The molecule has 3 aromatic rings. The molecule has 3 rings (SSSR count). The van der Waals surface area contributed by atoms with Crippen molar-refractivity contribution < 1.29 is 9.32 Å². The van der Waals surface area contributed by atoms with E-state index in [-0.39, 0.29) is 17.1 Å². The Kier molecular flexibility index (Phi) is 3.30. The summed E-state index contributed by atoms with van der Waals surface area (Å²) in [6.45, 7) is 0. The molecule has 0 aliphatic rings. The van der Waals surface area contributed by atoms with Crippen LogP contribution in [0, 0.1) is 0 Å². The maximum atomic E-state index is 11.9. The molecule has 0 saturated heterocycles. The number of carbonyl (C=O) groups excluding carboxylic acids is 1. The molecule has 0 atom stereocenters. The van der Waals surface area contributed by atoms with Gasteiger partial charge >= 0.3 is 0 Å². The van der Waals surface area contributed by atoms with Gasteiger partial charge < -0.3 is 9.84 Å². The highest BCUT2D eigenvalue weighted by Crippen LogP contribution is 2.21. The number of carbonyl (C=O) groups is 1.